The molecule has 0 aliphatic rings. The smallest absolute Gasteiger partial charge is 0.254 e. The van der Waals surface area contributed by atoms with Gasteiger partial charge >= 0.3 is 0 Å². The van der Waals surface area contributed by atoms with Crippen LogP contribution < -0.4 is 5.14 Å². The Balaban J connectivity index is 2.96. The number of amides is 1. The minimum Gasteiger partial charge on any atom is -0.335 e. The van der Waals surface area contributed by atoms with Crippen LogP contribution in [0.3, 0.4) is 0 Å². The topological polar surface area (TPSA) is 80.5 Å². The predicted molar refractivity (Wildman–Crippen MR) is 74.2 cm³/mol. The SMILES string of the molecule is C=CCN(CCC)C(=O)c1ccc(S(N)(=O)=O)cc1. The van der Waals surface area contributed by atoms with Gasteiger partial charge in [0.05, 0.1) is 4.90 Å². The quantitative estimate of drug-likeness (QED) is 0.800. The number of carbonyl (C=O) groups excluding carboxylic acids is 1. The average molecular weight is 282 g/mol. The molecule has 1 aromatic rings. The van der Waals surface area contributed by atoms with E-state index in [4.69, 9.17) is 5.14 Å². The number of nitrogens with zero attached hydrogens (tertiary/aromatic N) is 1. The zero-order chi connectivity index (χ0) is 14.5. The molecule has 0 aliphatic carbocycles. The monoisotopic (exact) mass is 282 g/mol. The summed E-state index contributed by atoms with van der Waals surface area (Å²) in [6.07, 6.45) is 2.50. The van der Waals surface area contributed by atoms with Crippen LogP contribution in [-0.2, 0) is 10.0 Å². The van der Waals surface area contributed by atoms with E-state index in [1.807, 2.05) is 6.92 Å². The van der Waals surface area contributed by atoms with Gasteiger partial charge < -0.3 is 4.90 Å². The second-order valence-electron chi connectivity index (χ2n) is 4.11. The summed E-state index contributed by atoms with van der Waals surface area (Å²) < 4.78 is 22.2. The fraction of sp³-hybridized carbons (Fsp3) is 0.308. The molecule has 0 atom stereocenters. The third-order valence-electron chi connectivity index (χ3n) is 2.56. The van der Waals surface area contributed by atoms with Gasteiger partial charge in [-0.25, -0.2) is 13.6 Å². The number of benzene rings is 1. The highest BCUT2D eigenvalue weighted by molar-refractivity contribution is 7.89. The van der Waals surface area contributed by atoms with Crippen LogP contribution in [0.5, 0.6) is 0 Å². The molecule has 104 valence electrons. The van der Waals surface area contributed by atoms with Crippen molar-refractivity contribution in [2.24, 2.45) is 5.14 Å². The number of primary sulfonamides is 1. The van der Waals surface area contributed by atoms with E-state index in [1.165, 1.54) is 24.3 Å². The third-order valence-corrected chi connectivity index (χ3v) is 3.49. The number of sulfonamides is 1. The van der Waals surface area contributed by atoms with Crippen molar-refractivity contribution in [3.8, 4) is 0 Å². The maximum Gasteiger partial charge on any atom is 0.254 e. The standard InChI is InChI=1S/C13H18N2O3S/c1-3-9-15(10-4-2)13(16)11-5-7-12(8-6-11)19(14,17)18/h3,5-8H,1,4,9-10H2,2H3,(H2,14,17,18). The van der Waals surface area contributed by atoms with Gasteiger partial charge in [-0.3, -0.25) is 4.79 Å². The Kier molecular flexibility index (Phi) is 5.26. The summed E-state index contributed by atoms with van der Waals surface area (Å²) in [6, 6.07) is 5.60. The van der Waals surface area contributed by atoms with E-state index in [-0.39, 0.29) is 10.8 Å². The lowest BCUT2D eigenvalue weighted by Crippen LogP contribution is -2.31. The van der Waals surface area contributed by atoms with Gasteiger partial charge in [-0.2, -0.15) is 0 Å². The first-order valence-corrected chi connectivity index (χ1v) is 7.47. The van der Waals surface area contributed by atoms with Gasteiger partial charge in [0, 0.05) is 18.7 Å². The third kappa shape index (κ3) is 4.18. The normalized spacial score (nSPS) is 11.1. The Labute approximate surface area is 113 Å². The summed E-state index contributed by atoms with van der Waals surface area (Å²) in [4.78, 5) is 13.8. The number of hydrogen-bond acceptors (Lipinski definition) is 3. The zero-order valence-electron chi connectivity index (χ0n) is 10.9. The molecule has 5 nitrogen and oxygen atoms in total. The van der Waals surface area contributed by atoms with Gasteiger partial charge in [0.2, 0.25) is 10.0 Å². The lowest BCUT2D eigenvalue weighted by atomic mass is 10.2. The number of nitrogens with two attached hydrogens (primary N) is 1. The molecule has 1 aromatic carbocycles. The minimum atomic E-state index is -3.73. The molecule has 0 heterocycles. The van der Waals surface area contributed by atoms with E-state index in [2.05, 4.69) is 6.58 Å². The molecule has 0 radical (unpaired) electrons. The molecule has 0 aromatic heterocycles. The highest BCUT2D eigenvalue weighted by Crippen LogP contribution is 2.11. The summed E-state index contributed by atoms with van der Waals surface area (Å²) in [6.45, 7) is 6.68. The first kappa shape index (κ1) is 15.4. The second-order valence-corrected chi connectivity index (χ2v) is 5.67. The Morgan fingerprint density at radius 3 is 2.37 bits per heavy atom. The van der Waals surface area contributed by atoms with Crippen LogP contribution in [0.15, 0.2) is 41.8 Å². The van der Waals surface area contributed by atoms with Gasteiger partial charge in [-0.1, -0.05) is 13.0 Å². The Morgan fingerprint density at radius 1 is 1.37 bits per heavy atom. The molecule has 0 aliphatic heterocycles. The first-order chi connectivity index (χ1) is 8.90. The molecule has 0 spiro atoms. The van der Waals surface area contributed by atoms with Crippen molar-refractivity contribution >= 4 is 15.9 Å². The molecule has 0 bridgehead atoms. The van der Waals surface area contributed by atoms with Crippen molar-refractivity contribution in [2.45, 2.75) is 18.2 Å². The van der Waals surface area contributed by atoms with Crippen molar-refractivity contribution in [1.29, 1.82) is 0 Å². The lowest BCUT2D eigenvalue weighted by Gasteiger charge is -2.20. The van der Waals surface area contributed by atoms with Crippen molar-refractivity contribution in [3.05, 3.63) is 42.5 Å². The van der Waals surface area contributed by atoms with Gasteiger partial charge in [0.25, 0.3) is 5.91 Å². The van der Waals surface area contributed by atoms with E-state index < -0.39 is 10.0 Å². The van der Waals surface area contributed by atoms with Crippen molar-refractivity contribution in [2.75, 3.05) is 13.1 Å². The molecular weight excluding hydrogens is 264 g/mol. The molecule has 0 fully saturated rings. The van der Waals surface area contributed by atoms with Crippen LogP contribution in [-0.4, -0.2) is 32.3 Å². The fourth-order valence-electron chi connectivity index (χ4n) is 1.67. The summed E-state index contributed by atoms with van der Waals surface area (Å²) >= 11 is 0. The van der Waals surface area contributed by atoms with Crippen LogP contribution >= 0.6 is 0 Å². The van der Waals surface area contributed by atoms with E-state index in [1.54, 1.807) is 11.0 Å². The zero-order valence-corrected chi connectivity index (χ0v) is 11.7. The molecule has 2 N–H and O–H groups in total. The number of carbonyl (C=O) groups is 1. The summed E-state index contributed by atoms with van der Waals surface area (Å²) in [5.74, 6) is -0.150. The molecule has 0 saturated heterocycles. The average Bonchev–Trinajstić information content (AvgIpc) is 2.37. The molecule has 19 heavy (non-hydrogen) atoms. The van der Waals surface area contributed by atoms with Crippen LogP contribution in [0.2, 0.25) is 0 Å². The largest absolute Gasteiger partial charge is 0.335 e. The van der Waals surface area contributed by atoms with Crippen LogP contribution in [0.4, 0.5) is 0 Å². The maximum absolute atomic E-state index is 12.2. The summed E-state index contributed by atoms with van der Waals surface area (Å²) in [5.41, 5.74) is 0.433. The molecule has 6 heteroatoms. The summed E-state index contributed by atoms with van der Waals surface area (Å²) in [7, 11) is -3.73. The van der Waals surface area contributed by atoms with Crippen molar-refractivity contribution in [3.63, 3.8) is 0 Å². The highest BCUT2D eigenvalue weighted by Gasteiger charge is 2.15. The number of hydrogen-bond donors (Lipinski definition) is 1. The number of rotatable bonds is 6. The van der Waals surface area contributed by atoms with Crippen LogP contribution in [0.25, 0.3) is 0 Å². The van der Waals surface area contributed by atoms with E-state index in [0.29, 0.717) is 18.7 Å². The molecule has 1 amide bonds. The van der Waals surface area contributed by atoms with Crippen LogP contribution in [0.1, 0.15) is 23.7 Å². The Hall–Kier alpha value is -1.66. The van der Waals surface area contributed by atoms with Gasteiger partial charge in [-0.15, -0.1) is 6.58 Å². The van der Waals surface area contributed by atoms with Gasteiger partial charge in [0.1, 0.15) is 0 Å². The Bertz CT molecular complexity index is 550. The molecule has 0 unspecified atom stereocenters. The Morgan fingerprint density at radius 2 is 1.95 bits per heavy atom. The minimum absolute atomic E-state index is 0.00480. The second kappa shape index (κ2) is 6.49. The van der Waals surface area contributed by atoms with Gasteiger partial charge in [0.15, 0.2) is 0 Å². The highest BCUT2D eigenvalue weighted by atomic mass is 32.2. The van der Waals surface area contributed by atoms with Crippen molar-refractivity contribution in [1.82, 2.24) is 4.90 Å². The maximum atomic E-state index is 12.2. The molecular formula is C13H18N2O3S. The predicted octanol–water partition coefficient (Wildman–Crippen LogP) is 1.37. The van der Waals surface area contributed by atoms with E-state index >= 15 is 0 Å². The van der Waals surface area contributed by atoms with Crippen molar-refractivity contribution < 1.29 is 13.2 Å². The van der Waals surface area contributed by atoms with Gasteiger partial charge in [-0.05, 0) is 30.7 Å². The van der Waals surface area contributed by atoms with Crippen LogP contribution in [0, 0.1) is 0 Å². The fourth-order valence-corrected chi connectivity index (χ4v) is 2.19. The molecule has 1 rings (SSSR count). The van der Waals surface area contributed by atoms with E-state index in [9.17, 15) is 13.2 Å². The summed E-state index contributed by atoms with van der Waals surface area (Å²) in [5, 5.41) is 5.00. The van der Waals surface area contributed by atoms with E-state index in [0.717, 1.165) is 6.42 Å². The lowest BCUT2D eigenvalue weighted by molar-refractivity contribution is 0.0774. The molecule has 0 saturated carbocycles. The first-order valence-electron chi connectivity index (χ1n) is 5.93.